The zero-order valence-electron chi connectivity index (χ0n) is 15.6. The molecular weight excluding hydrogens is 346 g/mol. The van der Waals surface area contributed by atoms with Crippen LogP contribution in [0, 0.1) is 18.6 Å². The van der Waals surface area contributed by atoms with Crippen LogP contribution in [-0.2, 0) is 12.8 Å². The quantitative estimate of drug-likeness (QED) is 0.792. The lowest BCUT2D eigenvalue weighted by atomic mass is 9.91. The minimum atomic E-state index is -0.851. The number of nitrogens with zero attached hydrogens (tertiary/aromatic N) is 2. The van der Waals surface area contributed by atoms with E-state index in [-0.39, 0.29) is 17.9 Å². The highest BCUT2D eigenvalue weighted by molar-refractivity contribution is 5.96. The number of fused-ring (bicyclic) bond motifs is 1. The number of hydrogen-bond donors (Lipinski definition) is 0. The number of carbonyl (C=O) groups is 1. The number of rotatable bonds is 3. The second-order valence-corrected chi connectivity index (χ2v) is 7.66. The van der Waals surface area contributed by atoms with Crippen LogP contribution in [-0.4, -0.2) is 28.4 Å². The second kappa shape index (κ2) is 7.37. The third kappa shape index (κ3) is 3.47. The van der Waals surface area contributed by atoms with E-state index in [1.54, 1.807) is 6.07 Å². The molecule has 5 heteroatoms. The molecule has 2 heterocycles. The molecule has 0 saturated heterocycles. The van der Waals surface area contributed by atoms with E-state index in [0.29, 0.717) is 11.6 Å². The number of pyridine rings is 1. The Morgan fingerprint density at radius 1 is 1.15 bits per heavy atom. The van der Waals surface area contributed by atoms with Gasteiger partial charge in [0.2, 0.25) is 0 Å². The lowest BCUT2D eigenvalue weighted by Crippen LogP contribution is -2.45. The van der Waals surface area contributed by atoms with Crippen molar-refractivity contribution in [2.75, 3.05) is 6.54 Å². The molecule has 1 aromatic heterocycles. The van der Waals surface area contributed by atoms with Gasteiger partial charge in [0.15, 0.2) is 11.6 Å². The van der Waals surface area contributed by atoms with Crippen LogP contribution in [0.3, 0.4) is 0 Å². The monoisotopic (exact) mass is 370 g/mol. The largest absolute Gasteiger partial charge is 0.335 e. The van der Waals surface area contributed by atoms with E-state index >= 15 is 0 Å². The first-order valence-corrected chi connectivity index (χ1v) is 9.78. The van der Waals surface area contributed by atoms with E-state index < -0.39 is 11.6 Å². The van der Waals surface area contributed by atoms with Crippen LogP contribution in [0.5, 0.6) is 0 Å². The Labute approximate surface area is 158 Å². The standard InChI is InChI=1S/C22H24F2N2O/c1-14-16(12-15-6-5-9-19(23)21(15)24)13-18-20(25-14)10-11-26(22(18)27)17-7-3-2-4-8-17/h5-6,9,13,17H,2-4,7-8,10-12H2,1H3. The summed E-state index contributed by atoms with van der Waals surface area (Å²) in [7, 11) is 0. The number of benzene rings is 1. The molecule has 0 unspecified atom stereocenters. The van der Waals surface area contributed by atoms with Crippen LogP contribution in [0.4, 0.5) is 8.78 Å². The smallest absolute Gasteiger partial charge is 0.255 e. The van der Waals surface area contributed by atoms with Gasteiger partial charge in [-0.1, -0.05) is 31.4 Å². The van der Waals surface area contributed by atoms with Crippen molar-refractivity contribution in [3.8, 4) is 0 Å². The predicted molar refractivity (Wildman–Crippen MR) is 99.8 cm³/mol. The topological polar surface area (TPSA) is 33.2 Å². The summed E-state index contributed by atoms with van der Waals surface area (Å²) >= 11 is 0. The van der Waals surface area contributed by atoms with Crippen molar-refractivity contribution in [3.63, 3.8) is 0 Å². The van der Waals surface area contributed by atoms with Crippen LogP contribution >= 0.6 is 0 Å². The van der Waals surface area contributed by atoms with E-state index in [9.17, 15) is 13.6 Å². The number of amides is 1. The Hall–Kier alpha value is -2.30. The summed E-state index contributed by atoms with van der Waals surface area (Å²) in [5.41, 5.74) is 3.29. The SMILES string of the molecule is Cc1nc2c(cc1Cc1cccc(F)c1F)C(=O)N(C1CCCCC1)CC2. The van der Waals surface area contributed by atoms with Gasteiger partial charge in [-0.25, -0.2) is 8.78 Å². The maximum atomic E-state index is 14.1. The molecule has 142 valence electrons. The summed E-state index contributed by atoms with van der Waals surface area (Å²) in [5.74, 6) is -1.64. The molecule has 1 saturated carbocycles. The highest BCUT2D eigenvalue weighted by Crippen LogP contribution is 2.29. The van der Waals surface area contributed by atoms with Gasteiger partial charge >= 0.3 is 0 Å². The molecule has 1 fully saturated rings. The predicted octanol–water partition coefficient (Wildman–Crippen LogP) is 4.59. The van der Waals surface area contributed by atoms with Crippen LogP contribution in [0.15, 0.2) is 24.3 Å². The van der Waals surface area contributed by atoms with E-state index in [4.69, 9.17) is 0 Å². The fourth-order valence-corrected chi connectivity index (χ4v) is 4.37. The van der Waals surface area contributed by atoms with E-state index in [1.807, 2.05) is 17.9 Å². The molecule has 2 aliphatic rings. The van der Waals surface area contributed by atoms with Gasteiger partial charge in [-0.3, -0.25) is 9.78 Å². The van der Waals surface area contributed by atoms with Gasteiger partial charge in [0, 0.05) is 31.1 Å². The molecule has 1 aromatic carbocycles. The van der Waals surface area contributed by atoms with Gasteiger partial charge in [-0.05, 0) is 43.0 Å². The summed E-state index contributed by atoms with van der Waals surface area (Å²) < 4.78 is 27.6. The number of aromatic nitrogens is 1. The fourth-order valence-electron chi connectivity index (χ4n) is 4.37. The molecule has 0 spiro atoms. The molecule has 0 N–H and O–H groups in total. The summed E-state index contributed by atoms with van der Waals surface area (Å²) in [5, 5.41) is 0. The summed E-state index contributed by atoms with van der Waals surface area (Å²) in [6.45, 7) is 2.59. The summed E-state index contributed by atoms with van der Waals surface area (Å²) in [6, 6.07) is 6.37. The van der Waals surface area contributed by atoms with Crippen molar-refractivity contribution < 1.29 is 13.6 Å². The zero-order valence-corrected chi connectivity index (χ0v) is 15.6. The number of aryl methyl sites for hydroxylation is 1. The van der Waals surface area contributed by atoms with Gasteiger partial charge in [0.1, 0.15) is 0 Å². The molecule has 1 aliphatic carbocycles. The van der Waals surface area contributed by atoms with Crippen molar-refractivity contribution >= 4 is 5.91 Å². The lowest BCUT2D eigenvalue weighted by Gasteiger charge is -2.37. The van der Waals surface area contributed by atoms with E-state index in [1.165, 1.54) is 25.3 Å². The van der Waals surface area contributed by atoms with Gasteiger partial charge in [0.25, 0.3) is 5.91 Å². The first kappa shape index (κ1) is 18.1. The average Bonchev–Trinajstić information content (AvgIpc) is 2.67. The molecule has 0 atom stereocenters. The van der Waals surface area contributed by atoms with Crippen LogP contribution < -0.4 is 0 Å². The van der Waals surface area contributed by atoms with E-state index in [2.05, 4.69) is 4.98 Å². The van der Waals surface area contributed by atoms with E-state index in [0.717, 1.165) is 48.8 Å². The Morgan fingerprint density at radius 3 is 2.70 bits per heavy atom. The first-order valence-electron chi connectivity index (χ1n) is 9.78. The van der Waals surface area contributed by atoms with Crippen molar-refractivity contribution in [2.45, 2.75) is 57.9 Å². The average molecular weight is 370 g/mol. The Morgan fingerprint density at radius 2 is 1.93 bits per heavy atom. The summed E-state index contributed by atoms with van der Waals surface area (Å²) in [6.07, 6.45) is 6.73. The van der Waals surface area contributed by atoms with Gasteiger partial charge in [-0.2, -0.15) is 0 Å². The molecule has 2 aromatic rings. The Kier molecular flexibility index (Phi) is 4.94. The third-order valence-electron chi connectivity index (χ3n) is 5.91. The molecule has 27 heavy (non-hydrogen) atoms. The van der Waals surface area contributed by atoms with Crippen molar-refractivity contribution in [3.05, 3.63) is 64.0 Å². The Bertz CT molecular complexity index is 875. The van der Waals surface area contributed by atoms with Gasteiger partial charge in [-0.15, -0.1) is 0 Å². The van der Waals surface area contributed by atoms with Gasteiger partial charge in [0.05, 0.1) is 11.3 Å². The number of halogens is 2. The summed E-state index contributed by atoms with van der Waals surface area (Å²) in [4.78, 5) is 19.7. The lowest BCUT2D eigenvalue weighted by molar-refractivity contribution is 0.0612. The molecular formula is C22H24F2N2O. The van der Waals surface area contributed by atoms with Gasteiger partial charge < -0.3 is 4.90 Å². The molecule has 3 nitrogen and oxygen atoms in total. The van der Waals surface area contributed by atoms with Crippen molar-refractivity contribution in [2.24, 2.45) is 0 Å². The molecule has 0 bridgehead atoms. The number of hydrogen-bond acceptors (Lipinski definition) is 2. The molecule has 1 amide bonds. The molecule has 1 aliphatic heterocycles. The van der Waals surface area contributed by atoms with Crippen LogP contribution in [0.1, 0.15) is 65.0 Å². The third-order valence-corrected chi connectivity index (χ3v) is 5.91. The molecule has 4 rings (SSSR count). The first-order chi connectivity index (χ1) is 13.0. The maximum absolute atomic E-state index is 14.1. The second-order valence-electron chi connectivity index (χ2n) is 7.66. The normalized spacial score (nSPS) is 17.9. The number of carbonyl (C=O) groups excluding carboxylic acids is 1. The minimum Gasteiger partial charge on any atom is -0.335 e. The molecule has 0 radical (unpaired) electrons. The Balaban J connectivity index is 1.64. The highest BCUT2D eigenvalue weighted by Gasteiger charge is 2.32. The zero-order chi connectivity index (χ0) is 19.0. The maximum Gasteiger partial charge on any atom is 0.255 e. The van der Waals surface area contributed by atoms with Crippen LogP contribution in [0.2, 0.25) is 0 Å². The minimum absolute atomic E-state index is 0.0385. The van der Waals surface area contributed by atoms with Crippen molar-refractivity contribution in [1.82, 2.24) is 9.88 Å². The van der Waals surface area contributed by atoms with Crippen molar-refractivity contribution in [1.29, 1.82) is 0 Å². The fraction of sp³-hybridized carbons (Fsp3) is 0.455. The highest BCUT2D eigenvalue weighted by atomic mass is 19.2. The van der Waals surface area contributed by atoms with Crippen LogP contribution in [0.25, 0.3) is 0 Å².